The molecule has 0 aliphatic carbocycles. The Morgan fingerprint density at radius 3 is 1.14 bits per heavy atom. The van der Waals surface area contributed by atoms with Gasteiger partial charge in [0.2, 0.25) is 0 Å². The Bertz CT molecular complexity index is 4000. The second kappa shape index (κ2) is 43.8. The Morgan fingerprint density at radius 1 is 0.462 bits per heavy atom. The van der Waals surface area contributed by atoms with Crippen LogP contribution >= 0.6 is 31.9 Å². The van der Waals surface area contributed by atoms with E-state index in [1.807, 2.05) is 115 Å². The summed E-state index contributed by atoms with van der Waals surface area (Å²) in [7, 11) is 0. The number of aliphatic hydroxyl groups excluding tert-OH is 1. The highest BCUT2D eigenvalue weighted by atomic mass is 79.9. The molecule has 39 heteroatoms. The molecule has 5 aliphatic heterocycles. The monoisotopic (exact) mass is 1770 g/mol. The van der Waals surface area contributed by atoms with E-state index >= 15 is 0 Å². The van der Waals surface area contributed by atoms with E-state index < -0.39 is 39.9 Å². The van der Waals surface area contributed by atoms with Gasteiger partial charge in [0.25, 0.3) is 0 Å². The molecule has 5 aromatic heterocycles. The number of esters is 3. The van der Waals surface area contributed by atoms with Crippen molar-refractivity contribution < 1.29 is 90.9 Å². The van der Waals surface area contributed by atoms with E-state index in [4.69, 9.17) is 50.4 Å². The molecule has 10 heterocycles. The number of H-pyrrole nitrogens is 1. The van der Waals surface area contributed by atoms with Crippen molar-refractivity contribution in [3.05, 3.63) is 68.0 Å². The fourth-order valence-corrected chi connectivity index (χ4v) is 13.4. The minimum absolute atomic E-state index is 0.0304. The van der Waals surface area contributed by atoms with Crippen molar-refractivity contribution in [1.29, 1.82) is 0 Å². The molecule has 0 spiro atoms. The number of piperidine rings is 5. The average molecular weight is 1780 g/mol. The Kier molecular flexibility index (Phi) is 36.7. The van der Waals surface area contributed by atoms with Crippen LogP contribution in [0.25, 0.3) is 0 Å². The molecule has 0 aromatic carbocycles. The number of anilines is 3. The van der Waals surface area contributed by atoms with Crippen LogP contribution in [0.1, 0.15) is 267 Å². The van der Waals surface area contributed by atoms with Crippen LogP contribution in [-0.4, -0.2) is 252 Å². The van der Waals surface area contributed by atoms with Gasteiger partial charge in [-0.2, -0.15) is 25.5 Å². The molecule has 8 N–H and O–H groups in total. The summed E-state index contributed by atoms with van der Waals surface area (Å²) < 4.78 is 49.9. The van der Waals surface area contributed by atoms with Crippen LogP contribution in [0.3, 0.4) is 0 Å². The maximum absolute atomic E-state index is 12.1. The lowest BCUT2D eigenvalue weighted by Crippen LogP contribution is -2.45. The lowest BCUT2D eigenvalue weighted by atomic mass is 9.98. The van der Waals surface area contributed by atoms with Crippen LogP contribution in [0.15, 0.2) is 40.2 Å². The second-order valence-corrected chi connectivity index (χ2v) is 34.9. The second-order valence-electron chi connectivity index (χ2n) is 33.4. The number of likely N-dealkylation sites (tertiary alicyclic amines) is 5. The SMILES string of the molecule is CC(=O)c1cn(C2CCN(C(=O)OC(C)(C)C)CC2)nc1N.CC(C)(C)OC(=O)N1CCC(n2ncc(CO)c2Br)CC1.CC1CCN(C(=O)OC(C)(C)C)CC1=O.CCOC(=O)c1cn[nH]c1N.CCOC(=O)c1cnn(C2CCN(C(=O)OC(C)(C)C)CC2)c1Br.CCOC(=O)c1cnn(C2CCN(C(=O)OC(C)(C)C)CC2)c1N. The highest BCUT2D eigenvalue weighted by Gasteiger charge is 2.36. The fraction of sp³-hybridized carbons (Fsp3) is 0.679. The number of hydrogen-bond acceptors (Lipinski definition) is 27. The first-order valence-corrected chi connectivity index (χ1v) is 41.0. The van der Waals surface area contributed by atoms with Crippen LogP contribution in [0, 0.1) is 5.92 Å². The standard InChI is InChI=1S/C16H24BrN3O4.C16H26N4O4.C15H24N4O3.C14H22BrN3O3.C11H19NO3.C6H9N3O2/c2*1-5-23-14(21)12-10-18-20(13(12)17)11-6-8-19(9-7-11)15(22)24-16(2,3)4;1-10(20)12-9-19(17-13(12)16)11-5-7-18(8-6-11)14(21)22-15(2,3)4;1-14(2,3)21-13(20)17-6-4-11(5-7-17)18-12(15)10(9-19)8-16-18;1-8-5-6-12(7-9(8)13)10(14)15-11(2,3)4;1-2-11-6(10)4-3-8-9-5(4)7/h10-11H,5-9H2,1-4H3;10-11H,5-9,17H2,1-4H3;9,11H,5-8H2,1-4H3,(H2,16,17);8,11,19H,4-7,9H2,1-3H3;8H,5-7H2,1-4H3;3H,2H2,1H3,(H3,7,8,9). The number of hydrogen-bond donors (Lipinski definition) is 5. The highest BCUT2D eigenvalue weighted by molar-refractivity contribution is 9.10. The number of nitrogens with zero attached hydrogens (tertiary/aromatic N) is 14. The summed E-state index contributed by atoms with van der Waals surface area (Å²) in [4.78, 5) is 126. The quantitative estimate of drug-likeness (QED) is 0.0440. The van der Waals surface area contributed by atoms with E-state index in [0.717, 1.165) is 55.1 Å². The Hall–Kier alpha value is -9.53. The van der Waals surface area contributed by atoms with Gasteiger partial charge in [0.1, 0.15) is 65.5 Å². The average Bonchev–Trinajstić information content (AvgIpc) is 1.67. The third kappa shape index (κ3) is 31.4. The zero-order valence-corrected chi connectivity index (χ0v) is 74.8. The molecule has 0 bridgehead atoms. The van der Waals surface area contributed by atoms with Crippen molar-refractivity contribution in [3.8, 4) is 0 Å². The smallest absolute Gasteiger partial charge is 0.410 e. The van der Waals surface area contributed by atoms with E-state index in [2.05, 4.69) is 67.2 Å². The number of carbonyl (C=O) groups is 10. The van der Waals surface area contributed by atoms with Crippen LogP contribution in [0.2, 0.25) is 0 Å². The Labute approximate surface area is 701 Å². The molecule has 37 nitrogen and oxygen atoms in total. The van der Waals surface area contributed by atoms with Crippen molar-refractivity contribution in [2.45, 2.75) is 255 Å². The number of carbonyl (C=O) groups excluding carboxylic acids is 10. The minimum atomic E-state index is -0.505. The van der Waals surface area contributed by atoms with Gasteiger partial charge in [-0.1, -0.05) is 6.92 Å². The fourth-order valence-electron chi connectivity index (χ4n) is 12.2. The Morgan fingerprint density at radius 2 is 0.795 bits per heavy atom. The highest BCUT2D eigenvalue weighted by Crippen LogP contribution is 2.33. The predicted octanol–water partition coefficient (Wildman–Crippen LogP) is 12.6. The normalized spacial score (nSPS) is 16.6. The molecular formula is C78H124Br2N18O19. The first kappa shape index (κ1) is 98.0. The third-order valence-electron chi connectivity index (χ3n) is 18.1. The number of aromatic amines is 1. The molecule has 5 saturated heterocycles. The molecule has 0 saturated carbocycles. The predicted molar refractivity (Wildman–Crippen MR) is 441 cm³/mol. The minimum Gasteiger partial charge on any atom is -0.462 e. The van der Waals surface area contributed by atoms with Gasteiger partial charge in [-0.3, -0.25) is 28.7 Å². The molecule has 5 aliphatic rings. The molecule has 5 fully saturated rings. The molecule has 10 rings (SSSR count). The summed E-state index contributed by atoms with van der Waals surface area (Å²) in [6.45, 7) is 42.9. The number of ketones is 2. The van der Waals surface area contributed by atoms with E-state index in [1.165, 1.54) is 30.4 Å². The largest absolute Gasteiger partial charge is 0.462 e. The van der Waals surface area contributed by atoms with Crippen molar-refractivity contribution in [1.82, 2.24) is 73.8 Å². The Balaban J connectivity index is 0.000000254. The van der Waals surface area contributed by atoms with Crippen LogP contribution in [-0.2, 0) is 49.3 Å². The number of nitrogen functional groups attached to an aromatic ring is 3. The number of amides is 5. The van der Waals surface area contributed by atoms with E-state index in [-0.39, 0.29) is 121 Å². The van der Waals surface area contributed by atoms with E-state index in [0.29, 0.717) is 107 Å². The van der Waals surface area contributed by atoms with Gasteiger partial charge in [-0.05, 0) is 221 Å². The maximum atomic E-state index is 12.1. The van der Waals surface area contributed by atoms with Crippen LogP contribution in [0.5, 0.6) is 0 Å². The number of halogens is 2. The first-order valence-electron chi connectivity index (χ1n) is 39.5. The number of Topliss-reactive ketones (excluding diaryl/α,β-unsaturated/α-hetero) is 2. The van der Waals surface area contributed by atoms with Gasteiger partial charge in [0, 0.05) is 76.6 Å². The number of nitrogens with two attached hydrogens (primary N) is 3. The lowest BCUT2D eigenvalue weighted by Gasteiger charge is -2.33. The summed E-state index contributed by atoms with van der Waals surface area (Å²) in [6, 6.07) is 0.556. The summed E-state index contributed by atoms with van der Waals surface area (Å²) in [6.07, 6.45) is 13.0. The van der Waals surface area contributed by atoms with Gasteiger partial charge in [0.05, 0.1) is 87.5 Å². The third-order valence-corrected chi connectivity index (χ3v) is 19.8. The molecule has 654 valence electrons. The van der Waals surface area contributed by atoms with Gasteiger partial charge < -0.3 is 84.7 Å². The number of aromatic nitrogens is 10. The zero-order chi connectivity index (χ0) is 87.8. The molecule has 0 radical (unpaired) electrons. The van der Waals surface area contributed by atoms with E-state index in [1.54, 1.807) is 66.8 Å². The van der Waals surface area contributed by atoms with Crippen molar-refractivity contribution in [2.75, 3.05) is 102 Å². The molecule has 117 heavy (non-hydrogen) atoms. The molecule has 1 atom stereocenters. The number of aliphatic hydroxyl groups is 1. The molecule has 5 amide bonds. The maximum Gasteiger partial charge on any atom is 0.410 e. The van der Waals surface area contributed by atoms with Crippen LogP contribution < -0.4 is 17.2 Å². The van der Waals surface area contributed by atoms with Crippen molar-refractivity contribution >= 4 is 109 Å². The molecule has 5 aromatic rings. The van der Waals surface area contributed by atoms with Crippen molar-refractivity contribution in [2.24, 2.45) is 5.92 Å². The molecular weight excluding hydrogens is 1650 g/mol. The number of ether oxygens (including phenoxy) is 8. The summed E-state index contributed by atoms with van der Waals surface area (Å²) in [5.74, 6) is -0.381. The summed E-state index contributed by atoms with van der Waals surface area (Å²) in [5.41, 5.74) is 16.9. The summed E-state index contributed by atoms with van der Waals surface area (Å²) in [5, 5.41) is 32.3. The molecule has 1 unspecified atom stereocenters. The van der Waals surface area contributed by atoms with Crippen LogP contribution in [0.4, 0.5) is 41.4 Å². The van der Waals surface area contributed by atoms with Gasteiger partial charge in [-0.15, -0.1) is 0 Å². The number of nitrogens with one attached hydrogen (secondary N) is 1. The van der Waals surface area contributed by atoms with Gasteiger partial charge in [0.15, 0.2) is 17.4 Å². The zero-order valence-electron chi connectivity index (χ0n) is 71.6. The summed E-state index contributed by atoms with van der Waals surface area (Å²) >= 11 is 6.90. The lowest BCUT2D eigenvalue weighted by molar-refractivity contribution is -0.126. The van der Waals surface area contributed by atoms with Gasteiger partial charge >= 0.3 is 48.4 Å². The topological polar surface area (TPSA) is 459 Å². The first-order chi connectivity index (χ1) is 54.5. The van der Waals surface area contributed by atoms with E-state index in [9.17, 15) is 53.1 Å². The van der Waals surface area contributed by atoms with Gasteiger partial charge in [-0.25, -0.2) is 43.0 Å². The van der Waals surface area contributed by atoms with Crippen molar-refractivity contribution in [3.63, 3.8) is 0 Å². The number of rotatable bonds is 12.